The number of fused-ring (bicyclic) bond motifs is 3. The minimum atomic E-state index is -0.132. The van der Waals surface area contributed by atoms with Gasteiger partial charge in [-0.1, -0.05) is 18.6 Å². The van der Waals surface area contributed by atoms with E-state index in [-0.39, 0.29) is 16.9 Å². The number of amides is 1. The lowest BCUT2D eigenvalue weighted by molar-refractivity contribution is 0.00534. The molecule has 3 fully saturated rings. The summed E-state index contributed by atoms with van der Waals surface area (Å²) >= 11 is 0. The molecule has 2 aromatic carbocycles. The zero-order chi connectivity index (χ0) is 18.5. The van der Waals surface area contributed by atoms with Crippen LogP contribution in [0, 0.1) is 5.53 Å². The molecule has 0 radical (unpaired) electrons. The Morgan fingerprint density at radius 3 is 2.63 bits per heavy atom. The van der Waals surface area contributed by atoms with Gasteiger partial charge in [-0.3, -0.25) is 4.79 Å². The molecule has 1 aromatic heterocycles. The summed E-state index contributed by atoms with van der Waals surface area (Å²) in [4.78, 5) is 21.1. The van der Waals surface area contributed by atoms with Crippen LogP contribution in [0.2, 0.25) is 0 Å². The monoisotopic (exact) mass is 359 g/mol. The maximum atomic E-state index is 12.7. The van der Waals surface area contributed by atoms with Crippen LogP contribution in [0.5, 0.6) is 0 Å². The molecule has 3 aromatic rings. The topological polar surface area (TPSA) is 94.0 Å². The smallest absolute Gasteiger partial charge is 0.251 e. The van der Waals surface area contributed by atoms with E-state index in [2.05, 4.69) is 21.5 Å². The first kappa shape index (κ1) is 16.2. The molecule has 0 aliphatic heterocycles. The van der Waals surface area contributed by atoms with Crippen molar-refractivity contribution in [3.05, 3.63) is 59.9 Å². The molecule has 3 aliphatic rings. The summed E-state index contributed by atoms with van der Waals surface area (Å²) in [5, 5.41) is 6.66. The number of carbonyl (C=O) groups excluding carboxylic acids is 1. The number of hydrogen-bond acceptors (Lipinski definition) is 4. The molecule has 0 atom stereocenters. The molecule has 136 valence electrons. The molecule has 0 saturated heterocycles. The zero-order valence-electron chi connectivity index (χ0n) is 15.0. The van der Waals surface area contributed by atoms with Crippen molar-refractivity contribution in [2.45, 2.75) is 43.1 Å². The lowest BCUT2D eigenvalue weighted by atomic mass is 9.49. The average molecular weight is 359 g/mol. The van der Waals surface area contributed by atoms with Gasteiger partial charge in [-0.15, -0.1) is 0 Å². The van der Waals surface area contributed by atoms with Gasteiger partial charge in [0.1, 0.15) is 5.82 Å². The molecular formula is C21H21N5O. The highest BCUT2D eigenvalue weighted by Gasteiger charge is 2.60. The molecule has 6 rings (SSSR count). The summed E-state index contributed by atoms with van der Waals surface area (Å²) in [7, 11) is 0. The van der Waals surface area contributed by atoms with Gasteiger partial charge in [0.15, 0.2) is 0 Å². The van der Waals surface area contributed by atoms with Crippen LogP contribution in [0.15, 0.2) is 53.6 Å². The summed E-state index contributed by atoms with van der Waals surface area (Å²) in [6, 6.07) is 15.0. The van der Waals surface area contributed by atoms with E-state index in [1.54, 1.807) is 24.3 Å². The van der Waals surface area contributed by atoms with E-state index in [0.717, 1.165) is 49.0 Å². The summed E-state index contributed by atoms with van der Waals surface area (Å²) in [5.41, 5.74) is 10.2. The minimum absolute atomic E-state index is 0.0494. The molecule has 0 unspecified atom stereocenters. The van der Waals surface area contributed by atoms with E-state index in [4.69, 9.17) is 10.5 Å². The second kappa shape index (κ2) is 5.74. The fourth-order valence-corrected chi connectivity index (χ4v) is 5.00. The third-order valence-corrected chi connectivity index (χ3v) is 6.19. The number of nitrogens with one attached hydrogen (secondary N) is 3. The van der Waals surface area contributed by atoms with Crippen molar-refractivity contribution in [2.75, 3.05) is 0 Å². The van der Waals surface area contributed by atoms with E-state index < -0.39 is 0 Å². The second-order valence-electron chi connectivity index (χ2n) is 7.98. The van der Waals surface area contributed by atoms with Crippen molar-refractivity contribution in [3.8, 4) is 0 Å². The van der Waals surface area contributed by atoms with Crippen molar-refractivity contribution in [2.24, 2.45) is 5.11 Å². The first-order valence-electron chi connectivity index (χ1n) is 9.37. The normalized spacial score (nSPS) is 26.4. The van der Waals surface area contributed by atoms with Gasteiger partial charge < -0.3 is 10.3 Å². The number of aromatic amines is 1. The first-order valence-corrected chi connectivity index (χ1v) is 9.37. The molecule has 0 spiro atoms. The lowest BCUT2D eigenvalue weighted by Gasteiger charge is -2.60. The number of carbonyl (C=O) groups is 1. The molecule has 1 amide bonds. The SMILES string of the molecule is N=Nc1ccc(C(=O)NC23CCCC(c4nc5ccccc5[nH]4)(C2)C3)cc1. The molecule has 3 saturated carbocycles. The van der Waals surface area contributed by atoms with Gasteiger partial charge in [0.05, 0.1) is 16.7 Å². The van der Waals surface area contributed by atoms with E-state index in [0.29, 0.717) is 11.3 Å². The molecule has 2 bridgehead atoms. The van der Waals surface area contributed by atoms with Gasteiger partial charge in [-0.25, -0.2) is 10.5 Å². The fourth-order valence-electron chi connectivity index (χ4n) is 5.00. The number of hydrogen-bond donors (Lipinski definition) is 3. The largest absolute Gasteiger partial charge is 0.347 e. The maximum Gasteiger partial charge on any atom is 0.251 e. The minimum Gasteiger partial charge on any atom is -0.347 e. The van der Waals surface area contributed by atoms with Gasteiger partial charge in [0, 0.05) is 16.5 Å². The van der Waals surface area contributed by atoms with E-state index in [1.165, 1.54) is 0 Å². The Hall–Kier alpha value is -3.02. The van der Waals surface area contributed by atoms with Gasteiger partial charge in [0.2, 0.25) is 0 Å². The highest BCUT2D eigenvalue weighted by molar-refractivity contribution is 5.95. The van der Waals surface area contributed by atoms with Crippen LogP contribution in [0.3, 0.4) is 0 Å². The number of para-hydroxylation sites is 2. The van der Waals surface area contributed by atoms with E-state index in [9.17, 15) is 4.79 Å². The van der Waals surface area contributed by atoms with Crippen LogP contribution in [-0.4, -0.2) is 21.4 Å². The van der Waals surface area contributed by atoms with Crippen LogP contribution in [-0.2, 0) is 5.41 Å². The number of rotatable bonds is 4. The molecule has 27 heavy (non-hydrogen) atoms. The second-order valence-corrected chi connectivity index (χ2v) is 7.98. The van der Waals surface area contributed by atoms with E-state index >= 15 is 0 Å². The Bertz CT molecular complexity index is 997. The van der Waals surface area contributed by atoms with Gasteiger partial charge >= 0.3 is 0 Å². The summed E-state index contributed by atoms with van der Waals surface area (Å²) in [6.45, 7) is 0. The Morgan fingerprint density at radius 1 is 1.11 bits per heavy atom. The Kier molecular flexibility index (Phi) is 3.44. The van der Waals surface area contributed by atoms with Crippen LogP contribution in [0.25, 0.3) is 11.0 Å². The van der Waals surface area contributed by atoms with Gasteiger partial charge in [-0.05, 0) is 62.1 Å². The quantitative estimate of drug-likeness (QED) is 0.593. The van der Waals surface area contributed by atoms with Gasteiger partial charge in [0.25, 0.3) is 5.91 Å². The van der Waals surface area contributed by atoms with Crippen molar-refractivity contribution in [3.63, 3.8) is 0 Å². The van der Waals surface area contributed by atoms with Crippen LogP contribution >= 0.6 is 0 Å². The van der Waals surface area contributed by atoms with Crippen molar-refractivity contribution >= 4 is 22.6 Å². The van der Waals surface area contributed by atoms with Crippen LogP contribution < -0.4 is 5.32 Å². The Balaban J connectivity index is 1.36. The number of H-pyrrole nitrogens is 1. The van der Waals surface area contributed by atoms with Crippen molar-refractivity contribution in [1.29, 1.82) is 5.53 Å². The number of nitrogens with zero attached hydrogens (tertiary/aromatic N) is 2. The van der Waals surface area contributed by atoms with Crippen LogP contribution in [0.4, 0.5) is 5.69 Å². The highest BCUT2D eigenvalue weighted by atomic mass is 16.1. The molecule has 6 nitrogen and oxygen atoms in total. The number of aromatic nitrogens is 2. The summed E-state index contributed by atoms with van der Waals surface area (Å²) in [6.07, 6.45) is 5.09. The molecular weight excluding hydrogens is 338 g/mol. The third-order valence-electron chi connectivity index (χ3n) is 6.19. The molecule has 3 aliphatic carbocycles. The molecule has 3 N–H and O–H groups in total. The third kappa shape index (κ3) is 2.55. The first-order chi connectivity index (χ1) is 13.1. The highest BCUT2D eigenvalue weighted by Crippen LogP contribution is 2.58. The Labute approximate surface area is 156 Å². The molecule has 1 heterocycles. The predicted molar refractivity (Wildman–Crippen MR) is 102 cm³/mol. The fraction of sp³-hybridized carbons (Fsp3) is 0.333. The number of imidazole rings is 1. The standard InChI is InChI=1S/C21H21N5O/c22-26-15-8-6-14(7-9-15)18(27)25-21-11-3-10-20(12-21,13-21)19-23-16-4-1-2-5-17(16)24-19/h1-2,4-9,22H,3,10-13H2,(H,23,24)(H,25,27). The number of benzene rings is 2. The van der Waals surface area contributed by atoms with Crippen LogP contribution in [0.1, 0.15) is 48.3 Å². The average Bonchev–Trinajstić information content (AvgIpc) is 3.12. The Morgan fingerprint density at radius 2 is 1.89 bits per heavy atom. The summed E-state index contributed by atoms with van der Waals surface area (Å²) in [5.74, 6) is 1.02. The van der Waals surface area contributed by atoms with Gasteiger partial charge in [-0.2, -0.15) is 5.11 Å². The maximum absolute atomic E-state index is 12.7. The summed E-state index contributed by atoms with van der Waals surface area (Å²) < 4.78 is 0. The zero-order valence-corrected chi connectivity index (χ0v) is 15.0. The van der Waals surface area contributed by atoms with E-state index in [1.807, 2.05) is 18.2 Å². The van der Waals surface area contributed by atoms with Crippen molar-refractivity contribution < 1.29 is 4.79 Å². The lowest BCUT2D eigenvalue weighted by Crippen LogP contribution is -2.66. The van der Waals surface area contributed by atoms with Crippen molar-refractivity contribution in [1.82, 2.24) is 15.3 Å². The predicted octanol–water partition coefficient (Wildman–Crippen LogP) is 4.61. The molecule has 6 heteroatoms.